The molecular formula is C14H14N2. The van der Waals surface area contributed by atoms with E-state index in [4.69, 9.17) is 11.5 Å². The summed E-state index contributed by atoms with van der Waals surface area (Å²) in [5, 5.41) is 0. The molecule has 2 heteroatoms. The zero-order chi connectivity index (χ0) is 11.4. The van der Waals surface area contributed by atoms with Crippen molar-refractivity contribution in [1.82, 2.24) is 0 Å². The summed E-state index contributed by atoms with van der Waals surface area (Å²) in [7, 11) is 0. The summed E-state index contributed by atoms with van der Waals surface area (Å²) in [5.74, 6) is 0. The first-order valence-electron chi connectivity index (χ1n) is 5.13. The highest BCUT2D eigenvalue weighted by Gasteiger charge is 1.89. The van der Waals surface area contributed by atoms with Crippen molar-refractivity contribution in [3.63, 3.8) is 0 Å². The molecule has 0 radical (unpaired) electrons. The van der Waals surface area contributed by atoms with E-state index in [1.54, 1.807) is 0 Å². The fraction of sp³-hybridized carbons (Fsp3) is 0. The molecule has 2 nitrogen and oxygen atoms in total. The molecule has 2 aromatic carbocycles. The van der Waals surface area contributed by atoms with Crippen molar-refractivity contribution < 1.29 is 0 Å². The van der Waals surface area contributed by atoms with Crippen LogP contribution >= 0.6 is 0 Å². The van der Waals surface area contributed by atoms with Crippen molar-refractivity contribution in [2.45, 2.75) is 0 Å². The predicted octanol–water partition coefficient (Wildman–Crippen LogP) is 3.02. The zero-order valence-corrected chi connectivity index (χ0v) is 8.93. The van der Waals surface area contributed by atoms with Gasteiger partial charge in [-0.15, -0.1) is 0 Å². The quantitative estimate of drug-likeness (QED) is 0.591. The molecule has 0 unspecified atom stereocenters. The smallest absolute Gasteiger partial charge is 0.0314 e. The second-order valence-electron chi connectivity index (χ2n) is 3.67. The lowest BCUT2D eigenvalue weighted by atomic mass is 10.1. The molecule has 0 atom stereocenters. The third-order valence-corrected chi connectivity index (χ3v) is 2.34. The Kier molecular flexibility index (Phi) is 2.92. The second-order valence-corrected chi connectivity index (χ2v) is 3.67. The molecule has 0 amide bonds. The number of hydrogen-bond acceptors (Lipinski definition) is 2. The molecule has 0 saturated carbocycles. The fourth-order valence-electron chi connectivity index (χ4n) is 1.41. The van der Waals surface area contributed by atoms with Gasteiger partial charge in [0.15, 0.2) is 0 Å². The first-order valence-corrected chi connectivity index (χ1v) is 5.13. The third kappa shape index (κ3) is 2.64. The van der Waals surface area contributed by atoms with Crippen molar-refractivity contribution in [3.8, 4) is 0 Å². The number of anilines is 2. The third-order valence-electron chi connectivity index (χ3n) is 2.34. The summed E-state index contributed by atoms with van der Waals surface area (Å²) in [6, 6.07) is 15.5. The summed E-state index contributed by atoms with van der Waals surface area (Å²) in [4.78, 5) is 0. The molecule has 0 bridgehead atoms. The van der Waals surface area contributed by atoms with E-state index in [0.29, 0.717) is 0 Å². The van der Waals surface area contributed by atoms with Crippen LogP contribution in [0.3, 0.4) is 0 Å². The van der Waals surface area contributed by atoms with Gasteiger partial charge in [-0.05, 0) is 35.4 Å². The second kappa shape index (κ2) is 4.53. The Balaban J connectivity index is 2.15. The van der Waals surface area contributed by atoms with Gasteiger partial charge in [-0.25, -0.2) is 0 Å². The van der Waals surface area contributed by atoms with Gasteiger partial charge in [-0.1, -0.05) is 36.4 Å². The van der Waals surface area contributed by atoms with Gasteiger partial charge in [0.1, 0.15) is 0 Å². The maximum atomic E-state index is 5.61. The van der Waals surface area contributed by atoms with Crippen molar-refractivity contribution in [1.29, 1.82) is 0 Å². The number of hydrogen-bond donors (Lipinski definition) is 2. The van der Waals surface area contributed by atoms with Crippen molar-refractivity contribution >= 4 is 23.5 Å². The van der Waals surface area contributed by atoms with Gasteiger partial charge in [-0.2, -0.15) is 0 Å². The van der Waals surface area contributed by atoms with E-state index in [1.165, 1.54) is 0 Å². The molecule has 0 aromatic heterocycles. The average molecular weight is 210 g/mol. The van der Waals surface area contributed by atoms with Crippen LogP contribution in [0.15, 0.2) is 48.5 Å². The fourth-order valence-corrected chi connectivity index (χ4v) is 1.41. The first kappa shape index (κ1) is 10.3. The van der Waals surface area contributed by atoms with Crippen LogP contribution in [0.2, 0.25) is 0 Å². The van der Waals surface area contributed by atoms with Gasteiger partial charge in [0, 0.05) is 11.4 Å². The van der Waals surface area contributed by atoms with Crippen LogP contribution in [0, 0.1) is 0 Å². The summed E-state index contributed by atoms with van der Waals surface area (Å²) in [6.07, 6.45) is 4.09. The molecule has 0 aliphatic rings. The summed E-state index contributed by atoms with van der Waals surface area (Å²) < 4.78 is 0. The lowest BCUT2D eigenvalue weighted by Crippen LogP contribution is -1.83. The van der Waals surface area contributed by atoms with Gasteiger partial charge < -0.3 is 11.5 Å². The van der Waals surface area contributed by atoms with E-state index < -0.39 is 0 Å². The van der Waals surface area contributed by atoms with Crippen LogP contribution in [0.5, 0.6) is 0 Å². The molecule has 0 spiro atoms. The standard InChI is InChI=1S/C14H14N2/c15-13-7-3-11(4-8-13)1-2-12-5-9-14(16)10-6-12/h1-10H,15-16H2. The maximum Gasteiger partial charge on any atom is 0.0314 e. The molecule has 0 saturated heterocycles. The highest BCUT2D eigenvalue weighted by atomic mass is 14.5. The molecule has 2 rings (SSSR count). The minimum Gasteiger partial charge on any atom is -0.399 e. The molecule has 0 aliphatic carbocycles. The minimum absolute atomic E-state index is 0.782. The van der Waals surface area contributed by atoms with E-state index >= 15 is 0 Å². The topological polar surface area (TPSA) is 52.0 Å². The van der Waals surface area contributed by atoms with Gasteiger partial charge in [0.05, 0.1) is 0 Å². The Bertz CT molecular complexity index is 434. The van der Waals surface area contributed by atoms with E-state index in [-0.39, 0.29) is 0 Å². The minimum atomic E-state index is 0.782. The molecule has 0 heterocycles. The maximum absolute atomic E-state index is 5.61. The highest BCUT2D eigenvalue weighted by molar-refractivity contribution is 5.70. The highest BCUT2D eigenvalue weighted by Crippen LogP contribution is 2.11. The lowest BCUT2D eigenvalue weighted by molar-refractivity contribution is 1.63. The van der Waals surface area contributed by atoms with Gasteiger partial charge in [0.2, 0.25) is 0 Å². The van der Waals surface area contributed by atoms with E-state index in [0.717, 1.165) is 22.5 Å². The summed E-state index contributed by atoms with van der Waals surface area (Å²) in [5.41, 5.74) is 15.1. The van der Waals surface area contributed by atoms with Gasteiger partial charge >= 0.3 is 0 Å². The van der Waals surface area contributed by atoms with Gasteiger partial charge in [-0.3, -0.25) is 0 Å². The Morgan fingerprint density at radius 2 is 0.875 bits per heavy atom. The molecule has 80 valence electrons. The Morgan fingerprint density at radius 1 is 0.562 bits per heavy atom. The van der Waals surface area contributed by atoms with Crippen LogP contribution in [-0.2, 0) is 0 Å². The van der Waals surface area contributed by atoms with Crippen LogP contribution < -0.4 is 11.5 Å². The number of nitrogen functional groups attached to an aromatic ring is 2. The van der Waals surface area contributed by atoms with Gasteiger partial charge in [0.25, 0.3) is 0 Å². The van der Waals surface area contributed by atoms with E-state index in [1.807, 2.05) is 60.7 Å². The SMILES string of the molecule is Nc1ccc(C=Cc2ccc(N)cc2)cc1. The lowest BCUT2D eigenvalue weighted by Gasteiger charge is -1.96. The van der Waals surface area contributed by atoms with Crippen LogP contribution in [0.4, 0.5) is 11.4 Å². The van der Waals surface area contributed by atoms with E-state index in [9.17, 15) is 0 Å². The molecular weight excluding hydrogens is 196 g/mol. The molecule has 16 heavy (non-hydrogen) atoms. The van der Waals surface area contributed by atoms with Crippen LogP contribution in [-0.4, -0.2) is 0 Å². The molecule has 0 aliphatic heterocycles. The monoisotopic (exact) mass is 210 g/mol. The van der Waals surface area contributed by atoms with Crippen molar-refractivity contribution in [3.05, 3.63) is 59.7 Å². The first-order chi connectivity index (χ1) is 7.74. The number of benzene rings is 2. The molecule has 0 fully saturated rings. The predicted molar refractivity (Wildman–Crippen MR) is 70.6 cm³/mol. The zero-order valence-electron chi connectivity index (χ0n) is 8.93. The van der Waals surface area contributed by atoms with Crippen LogP contribution in [0.1, 0.15) is 11.1 Å². The molecule has 4 N–H and O–H groups in total. The van der Waals surface area contributed by atoms with E-state index in [2.05, 4.69) is 0 Å². The van der Waals surface area contributed by atoms with Crippen LogP contribution in [0.25, 0.3) is 12.2 Å². The molecule has 2 aromatic rings. The Hall–Kier alpha value is -2.22. The normalized spacial score (nSPS) is 10.8. The van der Waals surface area contributed by atoms with Crippen molar-refractivity contribution in [2.75, 3.05) is 11.5 Å². The number of nitrogens with two attached hydrogens (primary N) is 2. The average Bonchev–Trinajstić information content (AvgIpc) is 2.30. The van der Waals surface area contributed by atoms with Crippen molar-refractivity contribution in [2.24, 2.45) is 0 Å². The Morgan fingerprint density at radius 3 is 1.19 bits per heavy atom. The largest absolute Gasteiger partial charge is 0.399 e. The Labute approximate surface area is 95.2 Å². The summed E-state index contributed by atoms with van der Waals surface area (Å²) >= 11 is 0. The number of rotatable bonds is 2. The summed E-state index contributed by atoms with van der Waals surface area (Å²) in [6.45, 7) is 0.